The van der Waals surface area contributed by atoms with Gasteiger partial charge in [0.25, 0.3) is 5.91 Å². The minimum absolute atomic E-state index is 0.0117. The highest BCUT2D eigenvalue weighted by atomic mass is 32.2. The molecule has 2 aliphatic heterocycles. The van der Waals surface area contributed by atoms with E-state index in [9.17, 15) is 18.0 Å². The lowest BCUT2D eigenvalue weighted by molar-refractivity contribution is -0.131. The number of hydrogen-bond acceptors (Lipinski definition) is 6. The number of benzene rings is 1. The summed E-state index contributed by atoms with van der Waals surface area (Å²) in [5.41, 5.74) is 1.00. The summed E-state index contributed by atoms with van der Waals surface area (Å²) in [6.07, 6.45) is -0.344. The quantitative estimate of drug-likeness (QED) is 0.769. The summed E-state index contributed by atoms with van der Waals surface area (Å²) in [4.78, 5) is 27.1. The summed E-state index contributed by atoms with van der Waals surface area (Å²) in [5, 5.41) is 4.66. The fraction of sp³-hybridized carbons (Fsp3) is 0.400. The van der Waals surface area contributed by atoms with Gasteiger partial charge < -0.3 is 15.0 Å². The molecule has 1 fully saturated rings. The summed E-state index contributed by atoms with van der Waals surface area (Å²) in [5.74, 6) is 0.0921. The van der Waals surface area contributed by atoms with Crippen LogP contribution in [-0.2, 0) is 26.0 Å². The molecule has 2 aliphatic rings. The van der Waals surface area contributed by atoms with Gasteiger partial charge in [0.2, 0.25) is 15.9 Å². The van der Waals surface area contributed by atoms with Crippen LogP contribution in [0.25, 0.3) is 0 Å². The van der Waals surface area contributed by atoms with E-state index in [4.69, 9.17) is 4.74 Å². The molecule has 10 heteroatoms. The average molecular weight is 450 g/mol. The van der Waals surface area contributed by atoms with Gasteiger partial charge in [-0.2, -0.15) is 4.31 Å². The minimum atomic E-state index is -3.75. The van der Waals surface area contributed by atoms with Crippen molar-refractivity contribution in [1.29, 1.82) is 0 Å². The SMILES string of the molecule is Cc1cc2c(cc1S(=O)(=O)N1CCN(C(=O)Cc3cccs3)CC1)O[C@H](C)C(=O)N2. The van der Waals surface area contributed by atoms with Gasteiger partial charge in [0, 0.05) is 37.1 Å². The van der Waals surface area contributed by atoms with Crippen molar-refractivity contribution in [3.8, 4) is 5.75 Å². The number of carbonyl (C=O) groups is 2. The van der Waals surface area contributed by atoms with Gasteiger partial charge in [-0.3, -0.25) is 9.59 Å². The Morgan fingerprint density at radius 2 is 2.00 bits per heavy atom. The van der Waals surface area contributed by atoms with Crippen LogP contribution in [0.3, 0.4) is 0 Å². The lowest BCUT2D eigenvalue weighted by atomic mass is 10.1. The molecule has 4 rings (SSSR count). The van der Waals surface area contributed by atoms with Crippen molar-refractivity contribution in [1.82, 2.24) is 9.21 Å². The highest BCUT2D eigenvalue weighted by molar-refractivity contribution is 7.89. The molecule has 0 aliphatic carbocycles. The predicted molar refractivity (Wildman–Crippen MR) is 113 cm³/mol. The summed E-state index contributed by atoms with van der Waals surface area (Å²) < 4.78 is 33.5. The Labute approximate surface area is 179 Å². The molecule has 1 saturated heterocycles. The Balaban J connectivity index is 1.48. The summed E-state index contributed by atoms with van der Waals surface area (Å²) in [6.45, 7) is 4.50. The zero-order valence-corrected chi connectivity index (χ0v) is 18.4. The van der Waals surface area contributed by atoms with E-state index < -0.39 is 16.1 Å². The largest absolute Gasteiger partial charge is 0.479 e. The van der Waals surface area contributed by atoms with E-state index in [1.54, 1.807) is 24.8 Å². The number of carbonyl (C=O) groups excluding carboxylic acids is 2. The Morgan fingerprint density at radius 3 is 2.67 bits per heavy atom. The first-order valence-electron chi connectivity index (χ1n) is 9.68. The van der Waals surface area contributed by atoms with Crippen molar-refractivity contribution in [3.63, 3.8) is 0 Å². The van der Waals surface area contributed by atoms with Gasteiger partial charge in [-0.05, 0) is 36.9 Å². The standard InChI is InChI=1S/C20H23N3O5S2/c1-13-10-16-17(28-14(2)20(25)21-16)12-18(13)30(26,27)23-7-5-22(6-8-23)19(24)11-15-4-3-9-29-15/h3-4,9-10,12,14H,5-8,11H2,1-2H3,(H,21,25)/t14-/m1/s1. The van der Waals surface area contributed by atoms with Crippen LogP contribution in [0.4, 0.5) is 5.69 Å². The Kier molecular flexibility index (Phi) is 5.56. The Bertz CT molecular complexity index is 1070. The molecule has 0 radical (unpaired) electrons. The van der Waals surface area contributed by atoms with Crippen LogP contribution >= 0.6 is 11.3 Å². The number of nitrogens with one attached hydrogen (secondary N) is 1. The number of nitrogens with zero attached hydrogens (tertiary/aromatic N) is 2. The van der Waals surface area contributed by atoms with Crippen molar-refractivity contribution >= 4 is 38.9 Å². The molecule has 2 aromatic rings. The van der Waals surface area contributed by atoms with Gasteiger partial charge in [0.05, 0.1) is 17.0 Å². The molecule has 0 saturated carbocycles. The van der Waals surface area contributed by atoms with Crippen LogP contribution in [0.1, 0.15) is 17.4 Å². The van der Waals surface area contributed by atoms with Crippen molar-refractivity contribution in [2.75, 3.05) is 31.5 Å². The number of sulfonamides is 1. The predicted octanol–water partition coefficient (Wildman–Crippen LogP) is 1.85. The molecule has 2 amide bonds. The first kappa shape index (κ1) is 20.8. The first-order valence-corrected chi connectivity index (χ1v) is 12.0. The van der Waals surface area contributed by atoms with E-state index in [1.807, 2.05) is 17.5 Å². The number of rotatable bonds is 4. The molecule has 0 bridgehead atoms. The van der Waals surface area contributed by atoms with E-state index in [-0.39, 0.29) is 29.8 Å². The van der Waals surface area contributed by atoms with Crippen LogP contribution < -0.4 is 10.1 Å². The van der Waals surface area contributed by atoms with Crippen LogP contribution in [0, 0.1) is 6.92 Å². The fourth-order valence-corrected chi connectivity index (χ4v) is 5.95. The molecule has 0 unspecified atom stereocenters. The summed E-state index contributed by atoms with van der Waals surface area (Å²) >= 11 is 1.54. The highest BCUT2D eigenvalue weighted by Crippen LogP contribution is 2.35. The molecule has 1 N–H and O–H groups in total. The number of amides is 2. The van der Waals surface area contributed by atoms with Gasteiger partial charge in [-0.25, -0.2) is 8.42 Å². The minimum Gasteiger partial charge on any atom is -0.479 e. The topological polar surface area (TPSA) is 96.0 Å². The number of anilines is 1. The maximum absolute atomic E-state index is 13.3. The van der Waals surface area contributed by atoms with Crippen molar-refractivity contribution in [3.05, 3.63) is 40.1 Å². The third-order valence-electron chi connectivity index (χ3n) is 5.32. The van der Waals surface area contributed by atoms with Crippen LogP contribution in [0.2, 0.25) is 0 Å². The van der Waals surface area contributed by atoms with Gasteiger partial charge in [0.1, 0.15) is 5.75 Å². The number of piperazine rings is 1. The van der Waals surface area contributed by atoms with Gasteiger partial charge in [0.15, 0.2) is 6.10 Å². The molecule has 0 spiro atoms. The second-order valence-corrected chi connectivity index (χ2v) is 10.3. The molecule has 3 heterocycles. The summed E-state index contributed by atoms with van der Waals surface area (Å²) in [7, 11) is -3.75. The van der Waals surface area contributed by atoms with Crippen LogP contribution in [0.15, 0.2) is 34.5 Å². The average Bonchev–Trinajstić information content (AvgIpc) is 3.22. The number of ether oxygens (including phenoxy) is 1. The Morgan fingerprint density at radius 1 is 1.27 bits per heavy atom. The maximum Gasteiger partial charge on any atom is 0.265 e. The second-order valence-electron chi connectivity index (χ2n) is 7.40. The lowest BCUT2D eigenvalue weighted by Gasteiger charge is -2.34. The van der Waals surface area contributed by atoms with Gasteiger partial charge >= 0.3 is 0 Å². The van der Waals surface area contributed by atoms with E-state index in [2.05, 4.69) is 5.32 Å². The van der Waals surface area contributed by atoms with Crippen LogP contribution in [-0.4, -0.2) is 61.7 Å². The lowest BCUT2D eigenvalue weighted by Crippen LogP contribution is -2.50. The van der Waals surface area contributed by atoms with Crippen LogP contribution in [0.5, 0.6) is 5.75 Å². The van der Waals surface area contributed by atoms with Crippen molar-refractivity contribution in [2.24, 2.45) is 0 Å². The summed E-state index contributed by atoms with van der Waals surface area (Å²) in [6, 6.07) is 6.93. The van der Waals surface area contributed by atoms with E-state index in [1.165, 1.54) is 21.7 Å². The zero-order chi connectivity index (χ0) is 21.5. The monoisotopic (exact) mass is 449 g/mol. The van der Waals surface area contributed by atoms with E-state index in [0.717, 1.165) is 4.88 Å². The third-order valence-corrected chi connectivity index (χ3v) is 8.24. The highest BCUT2D eigenvalue weighted by Gasteiger charge is 2.33. The third kappa shape index (κ3) is 3.94. The molecule has 160 valence electrons. The zero-order valence-electron chi connectivity index (χ0n) is 16.8. The number of thiophene rings is 1. The normalized spacial score (nSPS) is 19.7. The van der Waals surface area contributed by atoms with E-state index in [0.29, 0.717) is 36.5 Å². The number of fused-ring (bicyclic) bond motifs is 1. The molecule has 30 heavy (non-hydrogen) atoms. The van der Waals surface area contributed by atoms with Gasteiger partial charge in [-0.1, -0.05) is 6.07 Å². The van der Waals surface area contributed by atoms with Crippen molar-refractivity contribution < 1.29 is 22.7 Å². The molecule has 1 aromatic heterocycles. The molecular formula is C20H23N3O5S2. The molecular weight excluding hydrogens is 426 g/mol. The fourth-order valence-electron chi connectivity index (χ4n) is 3.61. The molecule has 8 nitrogen and oxygen atoms in total. The Hall–Kier alpha value is -2.43. The van der Waals surface area contributed by atoms with Gasteiger partial charge in [-0.15, -0.1) is 11.3 Å². The number of hydrogen-bond donors (Lipinski definition) is 1. The maximum atomic E-state index is 13.3. The second kappa shape index (κ2) is 8.01. The van der Waals surface area contributed by atoms with Crippen molar-refractivity contribution in [2.45, 2.75) is 31.3 Å². The smallest absolute Gasteiger partial charge is 0.265 e. The number of aryl methyl sites for hydroxylation is 1. The van der Waals surface area contributed by atoms with E-state index >= 15 is 0 Å². The molecule has 1 atom stereocenters. The first-order chi connectivity index (χ1) is 14.3. The molecule has 1 aromatic carbocycles.